The minimum Gasteiger partial charge on any atom is -0.382 e. The second-order valence-corrected chi connectivity index (χ2v) is 6.10. The van der Waals surface area contributed by atoms with Gasteiger partial charge in [-0.25, -0.2) is 9.37 Å². The lowest BCUT2D eigenvalue weighted by atomic mass is 10.0. The van der Waals surface area contributed by atoms with E-state index in [4.69, 9.17) is 17.3 Å². The molecule has 2 aromatic carbocycles. The van der Waals surface area contributed by atoms with Crippen molar-refractivity contribution in [1.29, 1.82) is 0 Å². The van der Waals surface area contributed by atoms with Crippen LogP contribution in [0.3, 0.4) is 0 Å². The van der Waals surface area contributed by atoms with E-state index in [-0.39, 0.29) is 11.6 Å². The van der Waals surface area contributed by atoms with Gasteiger partial charge in [0.1, 0.15) is 11.6 Å². The summed E-state index contributed by atoms with van der Waals surface area (Å²) < 4.78 is 13.3. The van der Waals surface area contributed by atoms with Gasteiger partial charge < -0.3 is 5.73 Å². The van der Waals surface area contributed by atoms with Crippen LogP contribution in [-0.4, -0.2) is 20.2 Å². The van der Waals surface area contributed by atoms with Gasteiger partial charge in [-0.3, -0.25) is 10.1 Å². The summed E-state index contributed by atoms with van der Waals surface area (Å²) in [7, 11) is 0. The average molecular weight is 354 g/mol. The Labute approximate surface area is 147 Å². The second-order valence-electron chi connectivity index (χ2n) is 5.69. The van der Waals surface area contributed by atoms with Crippen LogP contribution in [0.15, 0.2) is 42.6 Å². The minimum absolute atomic E-state index is 0.287. The molecule has 0 bridgehead atoms. The van der Waals surface area contributed by atoms with Gasteiger partial charge in [-0.15, -0.1) is 0 Å². The minimum atomic E-state index is -0.319. The summed E-state index contributed by atoms with van der Waals surface area (Å²) >= 11 is 6.38. The SMILES string of the molecule is Cc1n[nH]c2c(Cl)cc(-c3ncc(N)nc3-c3ccc(F)cc3)cc12. The number of anilines is 1. The van der Waals surface area contributed by atoms with Crippen molar-refractivity contribution in [1.82, 2.24) is 20.2 Å². The molecule has 2 aromatic heterocycles. The summed E-state index contributed by atoms with van der Waals surface area (Å²) in [5, 5.41) is 8.55. The first-order valence-corrected chi connectivity index (χ1v) is 7.94. The third-order valence-corrected chi connectivity index (χ3v) is 4.30. The highest BCUT2D eigenvalue weighted by Gasteiger charge is 2.15. The van der Waals surface area contributed by atoms with E-state index < -0.39 is 0 Å². The van der Waals surface area contributed by atoms with Crippen LogP contribution < -0.4 is 5.73 Å². The summed E-state index contributed by atoms with van der Waals surface area (Å²) in [6.07, 6.45) is 1.49. The highest BCUT2D eigenvalue weighted by Crippen LogP contribution is 2.34. The fourth-order valence-corrected chi connectivity index (χ4v) is 3.03. The Bertz CT molecular complexity index is 1090. The highest BCUT2D eigenvalue weighted by atomic mass is 35.5. The lowest BCUT2D eigenvalue weighted by Gasteiger charge is -2.10. The highest BCUT2D eigenvalue weighted by molar-refractivity contribution is 6.35. The van der Waals surface area contributed by atoms with Crippen LogP contribution in [-0.2, 0) is 0 Å². The van der Waals surface area contributed by atoms with E-state index in [0.717, 1.165) is 27.7 Å². The number of nitrogens with two attached hydrogens (primary N) is 1. The van der Waals surface area contributed by atoms with Gasteiger partial charge in [0.2, 0.25) is 0 Å². The summed E-state index contributed by atoms with van der Waals surface area (Å²) in [4.78, 5) is 8.83. The smallest absolute Gasteiger partial charge is 0.142 e. The number of hydrogen-bond acceptors (Lipinski definition) is 4. The Morgan fingerprint density at radius 2 is 1.84 bits per heavy atom. The molecule has 0 aliphatic rings. The van der Waals surface area contributed by atoms with E-state index in [1.54, 1.807) is 18.2 Å². The van der Waals surface area contributed by atoms with Crippen LogP contribution in [0, 0.1) is 12.7 Å². The number of aryl methyl sites for hydroxylation is 1. The molecule has 0 spiro atoms. The molecule has 5 nitrogen and oxygen atoms in total. The Kier molecular flexibility index (Phi) is 3.62. The maximum Gasteiger partial charge on any atom is 0.142 e. The zero-order valence-corrected chi connectivity index (χ0v) is 14.0. The van der Waals surface area contributed by atoms with Gasteiger partial charge in [-0.05, 0) is 43.3 Å². The van der Waals surface area contributed by atoms with E-state index in [1.165, 1.54) is 18.3 Å². The summed E-state index contributed by atoms with van der Waals surface area (Å²) in [6, 6.07) is 9.79. The van der Waals surface area contributed by atoms with Crippen molar-refractivity contribution in [3.05, 3.63) is 59.1 Å². The van der Waals surface area contributed by atoms with Crippen molar-refractivity contribution < 1.29 is 4.39 Å². The van der Waals surface area contributed by atoms with Crippen LogP contribution >= 0.6 is 11.6 Å². The van der Waals surface area contributed by atoms with Crippen molar-refractivity contribution in [3.63, 3.8) is 0 Å². The van der Waals surface area contributed by atoms with E-state index in [1.807, 2.05) is 13.0 Å². The molecule has 0 atom stereocenters. The molecule has 0 amide bonds. The molecule has 0 aliphatic heterocycles. The molecule has 7 heteroatoms. The van der Waals surface area contributed by atoms with Gasteiger partial charge in [0.25, 0.3) is 0 Å². The van der Waals surface area contributed by atoms with Crippen LogP contribution in [0.5, 0.6) is 0 Å². The normalized spacial score (nSPS) is 11.2. The largest absolute Gasteiger partial charge is 0.382 e. The van der Waals surface area contributed by atoms with Gasteiger partial charge in [0.05, 0.1) is 33.8 Å². The van der Waals surface area contributed by atoms with Gasteiger partial charge in [-0.1, -0.05) is 11.6 Å². The molecule has 25 heavy (non-hydrogen) atoms. The molecule has 4 aromatic rings. The molecule has 2 heterocycles. The second kappa shape index (κ2) is 5.82. The molecular formula is C18H13ClFN5. The summed E-state index contributed by atoms with van der Waals surface area (Å²) in [5.41, 5.74) is 10.1. The number of fused-ring (bicyclic) bond motifs is 1. The molecule has 0 radical (unpaired) electrons. The Morgan fingerprint density at radius 1 is 1.08 bits per heavy atom. The van der Waals surface area contributed by atoms with Crippen molar-refractivity contribution in [2.45, 2.75) is 6.92 Å². The van der Waals surface area contributed by atoms with E-state index in [0.29, 0.717) is 16.4 Å². The predicted molar refractivity (Wildman–Crippen MR) is 96.7 cm³/mol. The Balaban J connectivity index is 1.97. The number of aromatic nitrogens is 4. The Morgan fingerprint density at radius 3 is 2.60 bits per heavy atom. The van der Waals surface area contributed by atoms with Crippen molar-refractivity contribution >= 4 is 28.3 Å². The summed E-state index contributed by atoms with van der Waals surface area (Å²) in [5.74, 6) is -0.0320. The molecule has 0 saturated carbocycles. The third-order valence-electron chi connectivity index (χ3n) is 4.00. The van der Waals surface area contributed by atoms with Crippen molar-refractivity contribution in [2.75, 3.05) is 5.73 Å². The third kappa shape index (κ3) is 2.70. The quantitative estimate of drug-likeness (QED) is 0.560. The number of halogens is 2. The fraction of sp³-hybridized carbons (Fsp3) is 0.0556. The Hall–Kier alpha value is -2.99. The molecule has 3 N–H and O–H groups in total. The topological polar surface area (TPSA) is 80.5 Å². The van der Waals surface area contributed by atoms with Crippen molar-refractivity contribution in [2.24, 2.45) is 0 Å². The first-order valence-electron chi connectivity index (χ1n) is 7.56. The first kappa shape index (κ1) is 15.5. The number of nitrogens with zero attached hydrogens (tertiary/aromatic N) is 3. The average Bonchev–Trinajstić information content (AvgIpc) is 2.97. The fourth-order valence-electron chi connectivity index (χ4n) is 2.77. The zero-order valence-electron chi connectivity index (χ0n) is 13.2. The van der Waals surface area contributed by atoms with E-state index >= 15 is 0 Å². The van der Waals surface area contributed by atoms with Gasteiger partial charge in [-0.2, -0.15) is 5.10 Å². The van der Waals surface area contributed by atoms with Gasteiger partial charge in [0, 0.05) is 16.5 Å². The van der Waals surface area contributed by atoms with Crippen molar-refractivity contribution in [3.8, 4) is 22.5 Å². The molecule has 0 aliphatic carbocycles. The molecule has 0 saturated heterocycles. The van der Waals surface area contributed by atoms with E-state index in [2.05, 4.69) is 20.2 Å². The number of nitrogens with one attached hydrogen (secondary N) is 1. The number of nitrogen functional groups attached to an aromatic ring is 1. The first-order chi connectivity index (χ1) is 12.0. The monoisotopic (exact) mass is 353 g/mol. The lowest BCUT2D eigenvalue weighted by Crippen LogP contribution is -1.98. The molecule has 0 unspecified atom stereocenters. The standard InChI is InChI=1S/C18H13ClFN5/c1-9-13-6-11(7-14(19)18(13)25-24-9)16-17(23-15(21)8-22-16)10-2-4-12(20)5-3-10/h2-8H,1H3,(H2,21,23)(H,24,25). The van der Waals surface area contributed by atoms with E-state index in [9.17, 15) is 4.39 Å². The number of aromatic amines is 1. The zero-order chi connectivity index (χ0) is 17.6. The molecule has 124 valence electrons. The van der Waals surface area contributed by atoms with Crippen LogP contribution in [0.1, 0.15) is 5.69 Å². The lowest BCUT2D eigenvalue weighted by molar-refractivity contribution is 0.628. The molecular weight excluding hydrogens is 341 g/mol. The number of H-pyrrole nitrogens is 1. The number of benzene rings is 2. The van der Waals surface area contributed by atoms with Crippen LogP contribution in [0.4, 0.5) is 10.2 Å². The maximum absolute atomic E-state index is 13.3. The van der Waals surface area contributed by atoms with Gasteiger partial charge in [0.15, 0.2) is 0 Å². The molecule has 0 fully saturated rings. The number of rotatable bonds is 2. The van der Waals surface area contributed by atoms with Crippen LogP contribution in [0.25, 0.3) is 33.4 Å². The molecule has 4 rings (SSSR count). The van der Waals surface area contributed by atoms with Crippen LogP contribution in [0.2, 0.25) is 5.02 Å². The maximum atomic E-state index is 13.3. The van der Waals surface area contributed by atoms with Gasteiger partial charge >= 0.3 is 0 Å². The predicted octanol–water partition coefficient (Wildman–Crippen LogP) is 4.37. The summed E-state index contributed by atoms with van der Waals surface area (Å²) in [6.45, 7) is 1.90. The number of hydrogen-bond donors (Lipinski definition) is 2.